The molecule has 0 aliphatic carbocycles. The Labute approximate surface area is 137 Å². The first-order valence-electron chi connectivity index (χ1n) is 0. The Morgan fingerprint density at radius 1 is 0.429 bits per heavy atom. The average molecular weight is 395 g/mol. The molecular formula is H8Ba2O4Ti. The van der Waals surface area contributed by atoms with Gasteiger partial charge >= 0.3 is 0 Å². The summed E-state index contributed by atoms with van der Waals surface area (Å²) in [6, 6.07) is 0. The van der Waals surface area contributed by atoms with Gasteiger partial charge in [0.15, 0.2) is 0 Å². The molecule has 40 valence electrons. The fourth-order valence-corrected chi connectivity index (χ4v) is 0. The van der Waals surface area contributed by atoms with Crippen molar-refractivity contribution in [3.63, 3.8) is 0 Å². The second-order valence-corrected chi connectivity index (χ2v) is 0. The first-order chi connectivity index (χ1) is 0. The van der Waals surface area contributed by atoms with Crippen LogP contribution in [0.5, 0.6) is 0 Å². The van der Waals surface area contributed by atoms with Crippen LogP contribution in [0, 0.1) is 0 Å². The third-order valence-corrected chi connectivity index (χ3v) is 0. The molecule has 4 radical (unpaired) electrons. The van der Waals surface area contributed by atoms with E-state index in [9.17, 15) is 0 Å². The molecule has 0 aliphatic rings. The van der Waals surface area contributed by atoms with E-state index in [4.69, 9.17) is 0 Å². The van der Waals surface area contributed by atoms with E-state index in [2.05, 4.69) is 0 Å². The first kappa shape index (κ1) is 73.6. The number of hydrogen-bond acceptors (Lipinski definition) is 0. The van der Waals surface area contributed by atoms with Crippen molar-refractivity contribution in [2.45, 2.75) is 0 Å². The summed E-state index contributed by atoms with van der Waals surface area (Å²) in [7, 11) is 0. The van der Waals surface area contributed by atoms with Gasteiger partial charge in [-0.15, -0.1) is 0 Å². The van der Waals surface area contributed by atoms with E-state index in [1.807, 2.05) is 0 Å². The van der Waals surface area contributed by atoms with Crippen LogP contribution in [0.2, 0.25) is 0 Å². The molecule has 0 spiro atoms. The van der Waals surface area contributed by atoms with Crippen LogP contribution in [0.15, 0.2) is 0 Å². The summed E-state index contributed by atoms with van der Waals surface area (Å²) in [5.41, 5.74) is 0. The molecule has 0 atom stereocenters. The third kappa shape index (κ3) is 42.0. The fourth-order valence-electron chi connectivity index (χ4n) is 0. The van der Waals surface area contributed by atoms with Crippen molar-refractivity contribution in [1.29, 1.82) is 0 Å². The van der Waals surface area contributed by atoms with Crippen molar-refractivity contribution < 1.29 is 43.6 Å². The minimum atomic E-state index is 0. The van der Waals surface area contributed by atoms with E-state index in [1.54, 1.807) is 0 Å². The molecule has 0 amide bonds. The Morgan fingerprint density at radius 3 is 0.429 bits per heavy atom. The molecule has 7 heteroatoms. The fraction of sp³-hybridized carbons (Fsp3) is 0. The van der Waals surface area contributed by atoms with Crippen molar-refractivity contribution in [3.8, 4) is 0 Å². The van der Waals surface area contributed by atoms with Gasteiger partial charge in [-0.05, 0) is 0 Å². The number of rotatable bonds is 0. The molecule has 0 unspecified atom stereocenters. The molecule has 0 aromatic rings. The second-order valence-electron chi connectivity index (χ2n) is 0. The summed E-state index contributed by atoms with van der Waals surface area (Å²) in [4.78, 5) is 0. The zero-order chi connectivity index (χ0) is 0. The third-order valence-electron chi connectivity index (χ3n) is 0. The van der Waals surface area contributed by atoms with Crippen LogP contribution in [-0.4, -0.2) is 120 Å². The Morgan fingerprint density at radius 2 is 0.429 bits per heavy atom. The summed E-state index contributed by atoms with van der Waals surface area (Å²) in [6.45, 7) is 0. The standard InChI is InChI=1S/2Ba.4H2O.Ti/h;;4*1H2;. The molecule has 0 bridgehead atoms. The van der Waals surface area contributed by atoms with Crippen LogP contribution in [0.25, 0.3) is 0 Å². The molecule has 0 aromatic carbocycles. The quantitative estimate of drug-likeness (QED) is 0.371. The van der Waals surface area contributed by atoms with Gasteiger partial charge in [0.2, 0.25) is 0 Å². The van der Waals surface area contributed by atoms with Crippen molar-refractivity contribution in [1.82, 2.24) is 0 Å². The zero-order valence-corrected chi connectivity index (χ0v) is 14.4. The maximum absolute atomic E-state index is 0. The molecule has 0 saturated carbocycles. The summed E-state index contributed by atoms with van der Waals surface area (Å²) in [5, 5.41) is 0. The van der Waals surface area contributed by atoms with Gasteiger partial charge in [-0.3, -0.25) is 0 Å². The first-order valence-corrected chi connectivity index (χ1v) is 0. The SMILES string of the molecule is O.O.O.O.[Ba].[Ba].[Ti]. The second kappa shape index (κ2) is 53.7. The van der Waals surface area contributed by atoms with Gasteiger partial charge < -0.3 is 21.9 Å². The van der Waals surface area contributed by atoms with Gasteiger partial charge in [0, 0.05) is 119 Å². The van der Waals surface area contributed by atoms with Gasteiger partial charge in [0.05, 0.1) is 0 Å². The van der Waals surface area contributed by atoms with Crippen molar-refractivity contribution >= 4 is 97.8 Å². The van der Waals surface area contributed by atoms with E-state index < -0.39 is 0 Å². The topological polar surface area (TPSA) is 126 Å². The van der Waals surface area contributed by atoms with Crippen LogP contribution >= 0.6 is 0 Å². The molecule has 0 aromatic heterocycles. The molecular weight excluding hydrogens is 387 g/mol. The van der Waals surface area contributed by atoms with Gasteiger partial charge in [-0.25, -0.2) is 0 Å². The van der Waals surface area contributed by atoms with Crippen molar-refractivity contribution in [2.24, 2.45) is 0 Å². The Kier molecular flexibility index (Phi) is 564. The maximum Gasteiger partial charge on any atom is 0 e. The number of hydrogen-bond donors (Lipinski definition) is 0. The maximum atomic E-state index is 0. The predicted molar refractivity (Wildman–Crippen MR) is 26.0 cm³/mol. The van der Waals surface area contributed by atoms with Crippen LogP contribution in [0.3, 0.4) is 0 Å². The zero-order valence-electron chi connectivity index (χ0n) is 3.91. The predicted octanol–water partition coefficient (Wildman–Crippen LogP) is -4.06. The molecule has 0 rings (SSSR count). The molecule has 0 fully saturated rings. The van der Waals surface area contributed by atoms with E-state index in [-0.39, 0.29) is 141 Å². The molecule has 0 aliphatic heterocycles. The largest absolute Gasteiger partial charge is 0.412 e. The monoisotopic (exact) mass is 396 g/mol. The molecule has 4 nitrogen and oxygen atoms in total. The minimum absolute atomic E-state index is 0. The average Bonchev–Trinajstić information content (AvgIpc) is 0. The molecule has 0 saturated heterocycles. The van der Waals surface area contributed by atoms with Gasteiger partial charge in [-0.1, -0.05) is 0 Å². The van der Waals surface area contributed by atoms with Crippen LogP contribution in [-0.2, 0) is 21.7 Å². The van der Waals surface area contributed by atoms with Gasteiger partial charge in [0.25, 0.3) is 0 Å². The van der Waals surface area contributed by atoms with Crippen molar-refractivity contribution in [2.75, 3.05) is 0 Å². The van der Waals surface area contributed by atoms with Crippen molar-refractivity contribution in [3.05, 3.63) is 0 Å². The minimum Gasteiger partial charge on any atom is -0.412 e. The Bertz CT molecular complexity index is 9.65. The Balaban J connectivity index is 0. The summed E-state index contributed by atoms with van der Waals surface area (Å²) in [6.07, 6.45) is 0. The molecule has 0 heterocycles. The van der Waals surface area contributed by atoms with Crippen LogP contribution in [0.1, 0.15) is 0 Å². The van der Waals surface area contributed by atoms with E-state index in [1.165, 1.54) is 0 Å². The van der Waals surface area contributed by atoms with E-state index in [0.29, 0.717) is 0 Å². The smallest absolute Gasteiger partial charge is 0 e. The van der Waals surface area contributed by atoms with Crippen LogP contribution in [0.4, 0.5) is 0 Å². The normalized spacial score (nSPS) is 0. The van der Waals surface area contributed by atoms with Gasteiger partial charge in [-0.2, -0.15) is 0 Å². The molecule has 7 heavy (non-hydrogen) atoms. The summed E-state index contributed by atoms with van der Waals surface area (Å²) in [5.74, 6) is 0. The Hall–Kier alpha value is 3.70. The molecule has 8 N–H and O–H groups in total. The summed E-state index contributed by atoms with van der Waals surface area (Å²) < 4.78 is 0. The van der Waals surface area contributed by atoms with Gasteiger partial charge in [0.1, 0.15) is 0 Å². The summed E-state index contributed by atoms with van der Waals surface area (Å²) >= 11 is 0. The van der Waals surface area contributed by atoms with Crippen LogP contribution < -0.4 is 0 Å². The van der Waals surface area contributed by atoms with E-state index >= 15 is 0 Å². The van der Waals surface area contributed by atoms with E-state index in [0.717, 1.165) is 0 Å².